The van der Waals surface area contributed by atoms with Gasteiger partial charge in [0.25, 0.3) is 0 Å². The molecule has 13 heavy (non-hydrogen) atoms. The minimum absolute atomic E-state index is 0.0595. The maximum absolute atomic E-state index is 11.0. The second kappa shape index (κ2) is 6.88. The number of hydrogen-bond donors (Lipinski definition) is 2. The van der Waals surface area contributed by atoms with Gasteiger partial charge in [-0.15, -0.1) is 0 Å². The molecule has 0 saturated heterocycles. The van der Waals surface area contributed by atoms with E-state index in [2.05, 4.69) is 26.6 Å². The number of halogens is 1. The molecule has 0 aromatic rings. The molecule has 0 fully saturated rings. The lowest BCUT2D eigenvalue weighted by Crippen LogP contribution is -2.39. The molecule has 0 saturated carbocycles. The molecule has 0 heterocycles. The Bertz CT molecular complexity index is 183. The zero-order chi connectivity index (χ0) is 10.3. The van der Waals surface area contributed by atoms with Gasteiger partial charge in [0.1, 0.15) is 0 Å². The number of hydrogen-bond acceptors (Lipinski definition) is 2. The second-order valence-electron chi connectivity index (χ2n) is 2.94. The van der Waals surface area contributed by atoms with Crippen molar-refractivity contribution in [3.05, 3.63) is 0 Å². The summed E-state index contributed by atoms with van der Waals surface area (Å²) >= 11 is 3.14. The van der Waals surface area contributed by atoms with Gasteiger partial charge >= 0.3 is 0 Å². The van der Waals surface area contributed by atoms with E-state index in [0.29, 0.717) is 11.8 Å². The van der Waals surface area contributed by atoms with Crippen LogP contribution in [0.25, 0.3) is 0 Å². The molecule has 0 spiro atoms. The quantitative estimate of drug-likeness (QED) is 0.695. The number of amides is 2. The lowest BCUT2D eigenvalue weighted by atomic mass is 10.4. The molecular formula is C8H15BrN2O2. The summed E-state index contributed by atoms with van der Waals surface area (Å²) in [6.07, 6.45) is 0.398. The number of carbonyl (C=O) groups excluding carboxylic acids is 2. The van der Waals surface area contributed by atoms with Crippen molar-refractivity contribution in [2.45, 2.75) is 26.3 Å². The third kappa shape index (κ3) is 7.77. The molecule has 0 rings (SSSR count). The summed E-state index contributed by atoms with van der Waals surface area (Å²) < 4.78 is 0. The first-order valence-corrected chi connectivity index (χ1v) is 5.30. The highest BCUT2D eigenvalue weighted by atomic mass is 79.9. The number of rotatable bonds is 5. The van der Waals surface area contributed by atoms with Crippen molar-refractivity contribution >= 4 is 27.7 Å². The predicted molar refractivity (Wildman–Crippen MR) is 54.7 cm³/mol. The van der Waals surface area contributed by atoms with Crippen LogP contribution in [0, 0.1) is 0 Å². The summed E-state index contributed by atoms with van der Waals surface area (Å²) in [5.41, 5.74) is 0. The molecule has 0 radical (unpaired) electrons. The Balaban J connectivity index is 3.52. The maximum atomic E-state index is 11.0. The molecule has 0 unspecified atom stereocenters. The topological polar surface area (TPSA) is 58.2 Å². The molecular weight excluding hydrogens is 236 g/mol. The summed E-state index contributed by atoms with van der Waals surface area (Å²) in [6, 6.07) is 0.112. The van der Waals surface area contributed by atoms with E-state index in [1.807, 2.05) is 13.8 Å². The van der Waals surface area contributed by atoms with Crippen LogP contribution in [0.5, 0.6) is 0 Å². The lowest BCUT2D eigenvalue weighted by Gasteiger charge is -2.08. The van der Waals surface area contributed by atoms with Gasteiger partial charge in [0.05, 0.1) is 6.54 Å². The highest BCUT2D eigenvalue weighted by Gasteiger charge is 2.05. The normalized spacial score (nSPS) is 9.85. The zero-order valence-corrected chi connectivity index (χ0v) is 9.48. The third-order valence-electron chi connectivity index (χ3n) is 1.22. The van der Waals surface area contributed by atoms with Gasteiger partial charge in [0.2, 0.25) is 11.8 Å². The molecule has 0 aliphatic carbocycles. The van der Waals surface area contributed by atoms with Gasteiger partial charge in [-0.25, -0.2) is 0 Å². The SMILES string of the molecule is CC(C)NC(=O)CNC(=O)CCBr. The van der Waals surface area contributed by atoms with Crippen LogP contribution < -0.4 is 10.6 Å². The molecule has 0 aromatic carbocycles. The van der Waals surface area contributed by atoms with Gasteiger partial charge in [-0.3, -0.25) is 9.59 Å². The van der Waals surface area contributed by atoms with E-state index in [0.717, 1.165) is 0 Å². The molecule has 0 atom stereocenters. The van der Waals surface area contributed by atoms with Gasteiger partial charge in [0, 0.05) is 17.8 Å². The molecule has 2 amide bonds. The molecule has 5 heteroatoms. The molecule has 0 bridgehead atoms. The van der Waals surface area contributed by atoms with E-state index < -0.39 is 0 Å². The largest absolute Gasteiger partial charge is 0.352 e. The first kappa shape index (κ1) is 12.4. The standard InChI is InChI=1S/C8H15BrN2O2/c1-6(2)11-8(13)5-10-7(12)3-4-9/h6H,3-5H2,1-2H3,(H,10,12)(H,11,13). The number of nitrogens with one attached hydrogen (secondary N) is 2. The van der Waals surface area contributed by atoms with Gasteiger partial charge in [-0.1, -0.05) is 15.9 Å². The summed E-state index contributed by atoms with van der Waals surface area (Å²) in [7, 11) is 0. The first-order valence-electron chi connectivity index (χ1n) is 4.18. The molecule has 0 aliphatic rings. The fourth-order valence-electron chi connectivity index (χ4n) is 0.726. The first-order chi connectivity index (χ1) is 6.06. The van der Waals surface area contributed by atoms with Crippen molar-refractivity contribution < 1.29 is 9.59 Å². The van der Waals surface area contributed by atoms with E-state index in [4.69, 9.17) is 0 Å². The Morgan fingerprint density at radius 2 is 1.92 bits per heavy atom. The van der Waals surface area contributed by atoms with Crippen molar-refractivity contribution in [2.75, 3.05) is 11.9 Å². The summed E-state index contributed by atoms with van der Waals surface area (Å²) in [5, 5.41) is 5.80. The van der Waals surface area contributed by atoms with Crippen LogP contribution in [-0.2, 0) is 9.59 Å². The molecule has 0 aliphatic heterocycles. The fraction of sp³-hybridized carbons (Fsp3) is 0.750. The van der Waals surface area contributed by atoms with E-state index in [1.54, 1.807) is 0 Å². The van der Waals surface area contributed by atoms with Crippen molar-refractivity contribution in [3.63, 3.8) is 0 Å². The highest BCUT2D eigenvalue weighted by Crippen LogP contribution is 1.86. The van der Waals surface area contributed by atoms with Crippen LogP contribution in [-0.4, -0.2) is 29.7 Å². The Hall–Kier alpha value is -0.580. The molecule has 0 aromatic heterocycles. The van der Waals surface area contributed by atoms with Crippen molar-refractivity contribution in [3.8, 4) is 0 Å². The molecule has 2 N–H and O–H groups in total. The van der Waals surface area contributed by atoms with Gasteiger partial charge in [0.15, 0.2) is 0 Å². The van der Waals surface area contributed by atoms with Crippen LogP contribution in [0.15, 0.2) is 0 Å². The summed E-state index contributed by atoms with van der Waals surface area (Å²) in [4.78, 5) is 21.9. The monoisotopic (exact) mass is 250 g/mol. The Kier molecular flexibility index (Phi) is 6.58. The number of carbonyl (C=O) groups is 2. The smallest absolute Gasteiger partial charge is 0.239 e. The van der Waals surface area contributed by atoms with Crippen molar-refractivity contribution in [1.29, 1.82) is 0 Å². The van der Waals surface area contributed by atoms with Crippen LogP contribution in [0.4, 0.5) is 0 Å². The van der Waals surface area contributed by atoms with Gasteiger partial charge in [-0.2, -0.15) is 0 Å². The third-order valence-corrected chi connectivity index (χ3v) is 1.61. The van der Waals surface area contributed by atoms with Crippen molar-refractivity contribution in [1.82, 2.24) is 10.6 Å². The Labute approximate surface area is 86.6 Å². The second-order valence-corrected chi connectivity index (χ2v) is 3.73. The highest BCUT2D eigenvalue weighted by molar-refractivity contribution is 9.09. The number of alkyl halides is 1. The summed E-state index contributed by atoms with van der Waals surface area (Å²) in [5.74, 6) is -0.270. The molecule has 4 nitrogen and oxygen atoms in total. The minimum atomic E-state index is -0.155. The van der Waals surface area contributed by atoms with Gasteiger partial charge < -0.3 is 10.6 Å². The van der Waals surface area contributed by atoms with Crippen LogP contribution in [0.3, 0.4) is 0 Å². The van der Waals surface area contributed by atoms with E-state index in [-0.39, 0.29) is 24.4 Å². The Morgan fingerprint density at radius 1 is 1.31 bits per heavy atom. The summed E-state index contributed by atoms with van der Waals surface area (Å²) in [6.45, 7) is 3.81. The van der Waals surface area contributed by atoms with Gasteiger partial charge in [-0.05, 0) is 13.8 Å². The zero-order valence-electron chi connectivity index (χ0n) is 7.89. The minimum Gasteiger partial charge on any atom is -0.352 e. The maximum Gasteiger partial charge on any atom is 0.239 e. The van der Waals surface area contributed by atoms with E-state index >= 15 is 0 Å². The molecule has 76 valence electrons. The average molecular weight is 251 g/mol. The van der Waals surface area contributed by atoms with E-state index in [1.165, 1.54) is 0 Å². The Morgan fingerprint density at radius 3 is 2.38 bits per heavy atom. The van der Waals surface area contributed by atoms with Crippen LogP contribution in [0.1, 0.15) is 20.3 Å². The van der Waals surface area contributed by atoms with Crippen LogP contribution in [0.2, 0.25) is 0 Å². The fourth-order valence-corrected chi connectivity index (χ4v) is 1.09. The van der Waals surface area contributed by atoms with E-state index in [9.17, 15) is 9.59 Å². The average Bonchev–Trinajstić information content (AvgIpc) is 2.00. The lowest BCUT2D eigenvalue weighted by molar-refractivity contribution is -0.126. The van der Waals surface area contributed by atoms with Crippen LogP contribution >= 0.6 is 15.9 Å². The van der Waals surface area contributed by atoms with Crippen molar-refractivity contribution in [2.24, 2.45) is 0 Å². The predicted octanol–water partition coefficient (Wildman–Crippen LogP) is 0.412.